The highest BCUT2D eigenvalue weighted by atomic mass is 35.5. The molecule has 0 aliphatic rings. The minimum atomic E-state index is -0.298. The van der Waals surface area contributed by atoms with E-state index < -0.39 is 0 Å². The number of nitrogens with one attached hydrogen (secondary N) is 1. The molecule has 4 nitrogen and oxygen atoms in total. The third-order valence-electron chi connectivity index (χ3n) is 2.83. The third-order valence-corrected chi connectivity index (χ3v) is 3.07. The van der Waals surface area contributed by atoms with Gasteiger partial charge in [-0.1, -0.05) is 11.6 Å². The summed E-state index contributed by atoms with van der Waals surface area (Å²) >= 11 is 6.02. The van der Waals surface area contributed by atoms with Crippen LogP contribution in [0.2, 0.25) is 5.02 Å². The Morgan fingerprint density at radius 2 is 2.17 bits per heavy atom. The van der Waals surface area contributed by atoms with Gasteiger partial charge in [0, 0.05) is 10.6 Å². The number of halogens is 1. The molecule has 0 saturated carbocycles. The molecule has 0 aliphatic heterocycles. The van der Waals surface area contributed by atoms with Gasteiger partial charge in [-0.2, -0.15) is 0 Å². The second-order valence-electron chi connectivity index (χ2n) is 3.95. The monoisotopic (exact) mass is 266 g/mol. The van der Waals surface area contributed by atoms with Crippen LogP contribution < -0.4 is 16.0 Å². The van der Waals surface area contributed by atoms with Crippen LogP contribution in [-0.2, 0) is 0 Å². The zero-order chi connectivity index (χ0) is 13.1. The summed E-state index contributed by atoms with van der Waals surface area (Å²) in [5.41, 5.74) is 4.58. The van der Waals surface area contributed by atoms with Gasteiger partial charge in [0.05, 0.1) is 13.4 Å². The molecule has 2 aromatic rings. The van der Waals surface area contributed by atoms with Crippen molar-refractivity contribution in [2.24, 2.45) is 5.84 Å². The van der Waals surface area contributed by atoms with Gasteiger partial charge in [-0.05, 0) is 36.8 Å². The number of aryl methyl sites for hydroxylation is 1. The summed E-state index contributed by atoms with van der Waals surface area (Å²) in [6.45, 7) is 1.96. The van der Waals surface area contributed by atoms with E-state index in [0.717, 1.165) is 16.9 Å². The van der Waals surface area contributed by atoms with Crippen molar-refractivity contribution in [3.8, 4) is 5.75 Å². The van der Waals surface area contributed by atoms with Crippen LogP contribution in [0.15, 0.2) is 34.9 Å². The van der Waals surface area contributed by atoms with E-state index in [2.05, 4.69) is 5.43 Å². The summed E-state index contributed by atoms with van der Waals surface area (Å²) in [5.74, 6) is 7.08. The largest absolute Gasteiger partial charge is 0.496 e. The zero-order valence-corrected chi connectivity index (χ0v) is 11.0. The van der Waals surface area contributed by atoms with Crippen molar-refractivity contribution in [1.29, 1.82) is 0 Å². The molecule has 0 amide bonds. The summed E-state index contributed by atoms with van der Waals surface area (Å²) in [6.07, 6.45) is 1.63. The molecule has 1 unspecified atom stereocenters. The fourth-order valence-electron chi connectivity index (χ4n) is 1.92. The van der Waals surface area contributed by atoms with Crippen LogP contribution in [-0.4, -0.2) is 7.11 Å². The summed E-state index contributed by atoms with van der Waals surface area (Å²) in [4.78, 5) is 0. The average Bonchev–Trinajstić information content (AvgIpc) is 2.77. The Morgan fingerprint density at radius 1 is 1.39 bits per heavy atom. The van der Waals surface area contributed by atoms with Crippen LogP contribution in [0.4, 0.5) is 0 Å². The van der Waals surface area contributed by atoms with Gasteiger partial charge in [0.2, 0.25) is 0 Å². The van der Waals surface area contributed by atoms with Gasteiger partial charge in [0.1, 0.15) is 17.6 Å². The SMILES string of the molecule is COc1ccc(Cl)cc1C(NN)c1occc1C. The fourth-order valence-corrected chi connectivity index (χ4v) is 2.10. The number of hydrazine groups is 1. The number of hydrogen-bond acceptors (Lipinski definition) is 4. The number of rotatable bonds is 4. The molecule has 0 fully saturated rings. The molecule has 3 N–H and O–H groups in total. The Kier molecular flexibility index (Phi) is 3.91. The molecule has 0 bridgehead atoms. The Hall–Kier alpha value is -1.49. The highest BCUT2D eigenvalue weighted by Crippen LogP contribution is 2.33. The molecule has 0 saturated heterocycles. The highest BCUT2D eigenvalue weighted by molar-refractivity contribution is 6.30. The lowest BCUT2D eigenvalue weighted by molar-refractivity contribution is 0.393. The zero-order valence-electron chi connectivity index (χ0n) is 10.2. The van der Waals surface area contributed by atoms with E-state index >= 15 is 0 Å². The maximum absolute atomic E-state index is 6.02. The molecular weight excluding hydrogens is 252 g/mol. The van der Waals surface area contributed by atoms with E-state index in [1.54, 1.807) is 25.5 Å². The molecule has 18 heavy (non-hydrogen) atoms. The molecule has 2 rings (SSSR count). The molecule has 0 spiro atoms. The quantitative estimate of drug-likeness (QED) is 0.660. The maximum atomic E-state index is 6.02. The number of nitrogens with two attached hydrogens (primary N) is 1. The lowest BCUT2D eigenvalue weighted by atomic mass is 10.0. The van der Waals surface area contributed by atoms with E-state index in [4.69, 9.17) is 26.6 Å². The van der Waals surface area contributed by atoms with Gasteiger partial charge in [-0.25, -0.2) is 5.43 Å². The van der Waals surface area contributed by atoms with Crippen LogP contribution in [0.3, 0.4) is 0 Å². The predicted octanol–water partition coefficient (Wildman–Crippen LogP) is 2.80. The molecule has 0 radical (unpaired) electrons. The predicted molar refractivity (Wildman–Crippen MR) is 70.6 cm³/mol. The van der Waals surface area contributed by atoms with Crippen molar-refractivity contribution < 1.29 is 9.15 Å². The highest BCUT2D eigenvalue weighted by Gasteiger charge is 2.21. The van der Waals surface area contributed by atoms with Crippen LogP contribution in [0.1, 0.15) is 22.9 Å². The van der Waals surface area contributed by atoms with Crippen molar-refractivity contribution in [3.63, 3.8) is 0 Å². The minimum absolute atomic E-state index is 0.298. The standard InChI is InChI=1S/C13H15ClN2O2/c1-8-5-6-18-13(8)12(16-15)10-7-9(14)3-4-11(10)17-2/h3-7,12,16H,15H2,1-2H3. The van der Waals surface area contributed by atoms with Crippen LogP contribution in [0.5, 0.6) is 5.75 Å². The topological polar surface area (TPSA) is 60.4 Å². The molecule has 1 aromatic heterocycles. The van der Waals surface area contributed by atoms with Gasteiger partial charge in [-0.15, -0.1) is 0 Å². The molecule has 1 aromatic carbocycles. The summed E-state index contributed by atoms with van der Waals surface area (Å²) in [5, 5.41) is 0.621. The number of benzene rings is 1. The van der Waals surface area contributed by atoms with E-state index in [1.807, 2.05) is 19.1 Å². The summed E-state index contributed by atoms with van der Waals surface area (Å²) in [7, 11) is 1.61. The van der Waals surface area contributed by atoms with Crippen LogP contribution in [0.25, 0.3) is 0 Å². The first-order chi connectivity index (χ1) is 8.67. The van der Waals surface area contributed by atoms with Gasteiger partial charge in [0.25, 0.3) is 0 Å². The molecule has 0 aliphatic carbocycles. The number of hydrogen-bond donors (Lipinski definition) is 2. The Bertz CT molecular complexity index is 540. The fraction of sp³-hybridized carbons (Fsp3) is 0.231. The third kappa shape index (κ3) is 2.36. The van der Waals surface area contributed by atoms with Crippen molar-refractivity contribution in [1.82, 2.24) is 5.43 Å². The van der Waals surface area contributed by atoms with Gasteiger partial charge in [0.15, 0.2) is 0 Å². The van der Waals surface area contributed by atoms with Gasteiger partial charge in [-0.3, -0.25) is 5.84 Å². The molecule has 96 valence electrons. The van der Waals surface area contributed by atoms with E-state index in [1.165, 1.54) is 0 Å². The second kappa shape index (κ2) is 5.44. The Labute approximate surface area is 111 Å². The van der Waals surface area contributed by atoms with Gasteiger partial charge < -0.3 is 9.15 Å². The van der Waals surface area contributed by atoms with E-state index in [-0.39, 0.29) is 6.04 Å². The summed E-state index contributed by atoms with van der Waals surface area (Å²) in [6, 6.07) is 6.98. The molecule has 5 heteroatoms. The van der Waals surface area contributed by atoms with Crippen molar-refractivity contribution in [3.05, 3.63) is 52.4 Å². The Balaban J connectivity index is 2.51. The molecule has 1 atom stereocenters. The average molecular weight is 267 g/mol. The minimum Gasteiger partial charge on any atom is -0.496 e. The summed E-state index contributed by atoms with van der Waals surface area (Å²) < 4.78 is 10.8. The van der Waals surface area contributed by atoms with Gasteiger partial charge >= 0.3 is 0 Å². The lowest BCUT2D eigenvalue weighted by Crippen LogP contribution is -2.29. The molecule has 1 heterocycles. The number of furan rings is 1. The first kappa shape index (κ1) is 13.0. The maximum Gasteiger partial charge on any atom is 0.129 e. The lowest BCUT2D eigenvalue weighted by Gasteiger charge is -2.18. The van der Waals surface area contributed by atoms with Crippen molar-refractivity contribution in [2.75, 3.05) is 7.11 Å². The Morgan fingerprint density at radius 3 is 2.72 bits per heavy atom. The van der Waals surface area contributed by atoms with Crippen molar-refractivity contribution in [2.45, 2.75) is 13.0 Å². The number of ether oxygens (including phenoxy) is 1. The van der Waals surface area contributed by atoms with Crippen LogP contribution in [0, 0.1) is 6.92 Å². The second-order valence-corrected chi connectivity index (χ2v) is 4.39. The normalized spacial score (nSPS) is 12.4. The van der Waals surface area contributed by atoms with E-state index in [9.17, 15) is 0 Å². The van der Waals surface area contributed by atoms with Crippen molar-refractivity contribution >= 4 is 11.6 Å². The van der Waals surface area contributed by atoms with Crippen LogP contribution >= 0.6 is 11.6 Å². The van der Waals surface area contributed by atoms with E-state index in [0.29, 0.717) is 10.8 Å². The molecular formula is C13H15ClN2O2. The smallest absolute Gasteiger partial charge is 0.129 e. The number of methoxy groups -OCH3 is 1. The first-order valence-electron chi connectivity index (χ1n) is 5.51. The first-order valence-corrected chi connectivity index (χ1v) is 5.88.